The fraction of sp³-hybridized carbons (Fsp3) is 0.217. The molecule has 0 unspecified atom stereocenters. The van der Waals surface area contributed by atoms with Gasteiger partial charge in [-0.15, -0.1) is 0 Å². The van der Waals surface area contributed by atoms with Crippen molar-refractivity contribution in [3.63, 3.8) is 0 Å². The van der Waals surface area contributed by atoms with Crippen LogP contribution >= 0.6 is 0 Å². The van der Waals surface area contributed by atoms with Crippen molar-refractivity contribution in [2.24, 2.45) is 7.05 Å². The minimum absolute atomic E-state index is 0.247. The first-order valence-corrected chi connectivity index (χ1v) is 10.4. The smallest absolute Gasteiger partial charge is 0.333 e. The molecule has 0 aliphatic carbocycles. The summed E-state index contributed by atoms with van der Waals surface area (Å²) in [5.74, 6) is 1.44. The predicted molar refractivity (Wildman–Crippen MR) is 119 cm³/mol. The van der Waals surface area contributed by atoms with Gasteiger partial charge in [-0.1, -0.05) is 24.3 Å². The van der Waals surface area contributed by atoms with Crippen LogP contribution in [0.1, 0.15) is 22.8 Å². The first kappa shape index (κ1) is 21.7. The minimum atomic E-state index is -4.49. The fourth-order valence-corrected chi connectivity index (χ4v) is 3.72. The number of halogens is 3. The summed E-state index contributed by atoms with van der Waals surface area (Å²) >= 11 is 0. The molecule has 11 heteroatoms. The molecule has 0 saturated heterocycles. The third-order valence-corrected chi connectivity index (χ3v) is 5.43. The van der Waals surface area contributed by atoms with Crippen LogP contribution in [0.15, 0.2) is 49.1 Å². The maximum Gasteiger partial charge on any atom is 0.434 e. The lowest BCUT2D eigenvalue weighted by atomic mass is 10.1. The van der Waals surface area contributed by atoms with Gasteiger partial charge in [0, 0.05) is 31.2 Å². The average molecular weight is 464 g/mol. The molecule has 0 amide bonds. The molecular formula is C23H19F3N8. The Morgan fingerprint density at radius 2 is 1.68 bits per heavy atom. The molecular weight excluding hydrogens is 445 g/mol. The van der Waals surface area contributed by atoms with Gasteiger partial charge in [-0.2, -0.15) is 18.3 Å². The number of hydrogen-bond donors (Lipinski definition) is 0. The van der Waals surface area contributed by atoms with E-state index in [2.05, 4.69) is 30.0 Å². The Morgan fingerprint density at radius 3 is 2.35 bits per heavy atom. The van der Waals surface area contributed by atoms with E-state index in [0.29, 0.717) is 29.4 Å². The molecule has 5 aromatic rings. The second kappa shape index (κ2) is 8.01. The van der Waals surface area contributed by atoms with Crippen LogP contribution in [0.4, 0.5) is 13.2 Å². The number of hydrogen-bond acceptors (Lipinski definition) is 6. The minimum Gasteiger partial charge on any atom is -0.333 e. The molecule has 172 valence electrons. The molecule has 8 nitrogen and oxygen atoms in total. The van der Waals surface area contributed by atoms with Gasteiger partial charge in [0.1, 0.15) is 11.6 Å². The molecule has 0 bridgehead atoms. The Hall–Kier alpha value is -4.15. The summed E-state index contributed by atoms with van der Waals surface area (Å²) in [6, 6.07) is 7.17. The summed E-state index contributed by atoms with van der Waals surface area (Å²) in [5.41, 5.74) is 2.78. The Morgan fingerprint density at radius 1 is 0.912 bits per heavy atom. The Kier molecular flexibility index (Phi) is 5.11. The molecule has 4 aromatic heterocycles. The maximum absolute atomic E-state index is 13.0. The first-order chi connectivity index (χ1) is 16.2. The van der Waals surface area contributed by atoms with Crippen LogP contribution in [0.5, 0.6) is 0 Å². The number of aromatic nitrogens is 8. The SMILES string of the molecule is Cc1ncc(-c2ncc3cnn(Cc4ccc(-c5nc(C(F)(F)F)cn5C)cc4)c3n2)c(C)n1. The average Bonchev–Trinajstić information content (AvgIpc) is 3.38. The fourth-order valence-electron chi connectivity index (χ4n) is 3.72. The van der Waals surface area contributed by atoms with Crippen LogP contribution < -0.4 is 0 Å². The number of alkyl halides is 3. The van der Waals surface area contributed by atoms with Gasteiger partial charge in [0.15, 0.2) is 17.2 Å². The highest BCUT2D eigenvalue weighted by Gasteiger charge is 2.34. The molecule has 4 heterocycles. The number of benzene rings is 1. The third-order valence-electron chi connectivity index (χ3n) is 5.43. The molecule has 0 aliphatic rings. The Bertz CT molecular complexity index is 1500. The molecule has 34 heavy (non-hydrogen) atoms. The maximum atomic E-state index is 13.0. The first-order valence-electron chi connectivity index (χ1n) is 10.4. The second-order valence-electron chi connectivity index (χ2n) is 7.95. The van der Waals surface area contributed by atoms with Gasteiger partial charge in [-0.25, -0.2) is 29.6 Å². The lowest BCUT2D eigenvalue weighted by Gasteiger charge is -2.07. The molecule has 5 rings (SSSR count). The van der Waals surface area contributed by atoms with Crippen molar-refractivity contribution in [1.82, 2.24) is 39.3 Å². The van der Waals surface area contributed by atoms with Crippen molar-refractivity contribution in [2.45, 2.75) is 26.6 Å². The highest BCUT2D eigenvalue weighted by atomic mass is 19.4. The van der Waals surface area contributed by atoms with Gasteiger partial charge >= 0.3 is 6.18 Å². The van der Waals surface area contributed by atoms with Crippen LogP contribution in [-0.4, -0.2) is 39.3 Å². The zero-order chi connectivity index (χ0) is 24.0. The third kappa shape index (κ3) is 4.00. The lowest BCUT2D eigenvalue weighted by Crippen LogP contribution is -2.05. The Labute approximate surface area is 192 Å². The largest absolute Gasteiger partial charge is 0.434 e. The summed E-state index contributed by atoms with van der Waals surface area (Å²) in [7, 11) is 1.54. The van der Waals surface area contributed by atoms with Crippen molar-refractivity contribution in [2.75, 3.05) is 0 Å². The topological polar surface area (TPSA) is 87.2 Å². The van der Waals surface area contributed by atoms with Gasteiger partial charge < -0.3 is 4.57 Å². The molecule has 1 aromatic carbocycles. The number of rotatable bonds is 4. The standard InChI is InChI=1S/C23H19F3N8/c1-13-18(10-27-14(2)30-13)20-28-8-17-9-29-34(22(17)32-20)11-15-4-6-16(7-5-15)21-31-19(12-33(21)3)23(24,25)26/h4-10,12H,11H2,1-3H3. The van der Waals surface area contributed by atoms with E-state index in [-0.39, 0.29) is 5.82 Å². The van der Waals surface area contributed by atoms with Crippen LogP contribution in [0.25, 0.3) is 33.8 Å². The second-order valence-corrected chi connectivity index (χ2v) is 7.95. The van der Waals surface area contributed by atoms with E-state index in [1.54, 1.807) is 42.5 Å². The lowest BCUT2D eigenvalue weighted by molar-refractivity contribution is -0.140. The zero-order valence-corrected chi connectivity index (χ0v) is 18.5. The molecule has 0 saturated carbocycles. The quantitative estimate of drug-likeness (QED) is 0.393. The van der Waals surface area contributed by atoms with Crippen LogP contribution in [-0.2, 0) is 19.8 Å². The molecule has 0 radical (unpaired) electrons. The van der Waals surface area contributed by atoms with Crippen molar-refractivity contribution in [3.8, 4) is 22.8 Å². The van der Waals surface area contributed by atoms with E-state index in [1.165, 1.54) is 4.57 Å². The van der Waals surface area contributed by atoms with Crippen LogP contribution in [0.2, 0.25) is 0 Å². The van der Waals surface area contributed by atoms with Crippen molar-refractivity contribution in [3.05, 3.63) is 71.8 Å². The molecule has 0 fully saturated rings. The normalized spacial score (nSPS) is 11.9. The van der Waals surface area contributed by atoms with Gasteiger partial charge in [0.05, 0.1) is 29.4 Å². The molecule has 0 aliphatic heterocycles. The summed E-state index contributed by atoms with van der Waals surface area (Å²) in [6.07, 6.45) is 1.61. The van der Waals surface area contributed by atoms with E-state index in [0.717, 1.165) is 28.4 Å². The highest BCUT2D eigenvalue weighted by molar-refractivity contribution is 5.76. The van der Waals surface area contributed by atoms with E-state index >= 15 is 0 Å². The van der Waals surface area contributed by atoms with Crippen molar-refractivity contribution >= 4 is 11.0 Å². The van der Waals surface area contributed by atoms with Crippen molar-refractivity contribution < 1.29 is 13.2 Å². The zero-order valence-electron chi connectivity index (χ0n) is 18.5. The van der Waals surface area contributed by atoms with E-state index < -0.39 is 11.9 Å². The number of nitrogens with zero attached hydrogens (tertiary/aromatic N) is 8. The van der Waals surface area contributed by atoms with E-state index in [9.17, 15) is 13.2 Å². The summed E-state index contributed by atoms with van der Waals surface area (Å²) < 4.78 is 42.0. The van der Waals surface area contributed by atoms with Gasteiger partial charge in [-0.05, 0) is 19.4 Å². The monoisotopic (exact) mass is 464 g/mol. The van der Waals surface area contributed by atoms with Gasteiger partial charge in [-0.3, -0.25) is 0 Å². The van der Waals surface area contributed by atoms with Gasteiger partial charge in [0.2, 0.25) is 0 Å². The predicted octanol–water partition coefficient (Wildman–Crippen LogP) is 4.37. The summed E-state index contributed by atoms with van der Waals surface area (Å²) in [6.45, 7) is 4.14. The number of aryl methyl sites for hydroxylation is 3. The number of fused-ring (bicyclic) bond motifs is 1. The highest BCUT2D eigenvalue weighted by Crippen LogP contribution is 2.30. The van der Waals surface area contributed by atoms with Gasteiger partial charge in [0.25, 0.3) is 0 Å². The van der Waals surface area contributed by atoms with Crippen LogP contribution in [0.3, 0.4) is 0 Å². The van der Waals surface area contributed by atoms with E-state index in [4.69, 9.17) is 0 Å². The summed E-state index contributed by atoms with van der Waals surface area (Å²) in [5, 5.41) is 5.22. The van der Waals surface area contributed by atoms with E-state index in [1.807, 2.05) is 26.0 Å². The molecule has 0 N–H and O–H groups in total. The molecule has 0 atom stereocenters. The number of imidazole rings is 1. The van der Waals surface area contributed by atoms with Crippen molar-refractivity contribution in [1.29, 1.82) is 0 Å². The Balaban J connectivity index is 1.43. The van der Waals surface area contributed by atoms with Crippen LogP contribution in [0, 0.1) is 13.8 Å². The summed E-state index contributed by atoms with van der Waals surface area (Å²) in [4.78, 5) is 21.5. The molecule has 0 spiro atoms.